The number of rotatable bonds is 4. The van der Waals surface area contributed by atoms with Crippen LogP contribution in [0.2, 0.25) is 0 Å². The number of hydrogen-bond acceptors (Lipinski definition) is 4. The number of carbonyl (C=O) groups is 2. The third-order valence-corrected chi connectivity index (χ3v) is 6.28. The van der Waals surface area contributed by atoms with Crippen molar-refractivity contribution in [3.05, 3.63) is 35.4 Å². The second-order valence-corrected chi connectivity index (χ2v) is 8.00. The number of likely N-dealkylation sites (tertiary alicyclic amines) is 2. The molecular weight excluding hydrogens is 342 g/mol. The van der Waals surface area contributed by atoms with Crippen LogP contribution in [0.15, 0.2) is 29.4 Å². The Morgan fingerprint density at radius 3 is 2.44 bits per heavy atom. The summed E-state index contributed by atoms with van der Waals surface area (Å²) in [6, 6.07) is 7.91. The van der Waals surface area contributed by atoms with Crippen LogP contribution >= 0.6 is 0 Å². The van der Waals surface area contributed by atoms with E-state index in [0.29, 0.717) is 25.4 Å². The molecule has 0 bridgehead atoms. The molecule has 0 saturated carbocycles. The van der Waals surface area contributed by atoms with E-state index in [0.717, 1.165) is 38.5 Å². The molecule has 2 fully saturated rings. The van der Waals surface area contributed by atoms with E-state index in [4.69, 9.17) is 5.21 Å². The smallest absolute Gasteiger partial charge is 0.245 e. The Morgan fingerprint density at radius 2 is 1.74 bits per heavy atom. The highest BCUT2D eigenvalue weighted by atomic mass is 16.4. The van der Waals surface area contributed by atoms with E-state index in [-0.39, 0.29) is 23.9 Å². The van der Waals surface area contributed by atoms with E-state index < -0.39 is 0 Å². The molecule has 0 radical (unpaired) electrons. The van der Waals surface area contributed by atoms with Gasteiger partial charge in [0, 0.05) is 19.5 Å². The van der Waals surface area contributed by atoms with Gasteiger partial charge in [0.1, 0.15) is 6.04 Å². The molecule has 2 heterocycles. The van der Waals surface area contributed by atoms with Crippen LogP contribution in [-0.2, 0) is 22.4 Å². The van der Waals surface area contributed by atoms with Crippen molar-refractivity contribution in [2.45, 2.75) is 57.0 Å². The van der Waals surface area contributed by atoms with Crippen molar-refractivity contribution in [1.82, 2.24) is 9.80 Å². The summed E-state index contributed by atoms with van der Waals surface area (Å²) < 4.78 is 0. The first-order valence-corrected chi connectivity index (χ1v) is 10.0. The van der Waals surface area contributed by atoms with Crippen LogP contribution in [0, 0.1) is 5.92 Å². The Hall–Kier alpha value is -2.37. The molecule has 6 heteroatoms. The topological polar surface area (TPSA) is 73.2 Å². The van der Waals surface area contributed by atoms with Gasteiger partial charge < -0.3 is 15.0 Å². The molecule has 3 aliphatic rings. The SMILES string of the molecule is O=C([C@@H]1CCCN1C(=O)CC1Cc2ccccc2C1)N1CCC[C@H]1C=NO. The summed E-state index contributed by atoms with van der Waals surface area (Å²) in [5, 5.41) is 12.0. The fourth-order valence-corrected chi connectivity index (χ4v) is 4.97. The molecule has 1 aliphatic carbocycles. The van der Waals surface area contributed by atoms with Crippen molar-refractivity contribution in [2.75, 3.05) is 13.1 Å². The van der Waals surface area contributed by atoms with Crippen LogP contribution in [0.25, 0.3) is 0 Å². The molecule has 2 aliphatic heterocycles. The van der Waals surface area contributed by atoms with Gasteiger partial charge in [0.15, 0.2) is 0 Å². The fourth-order valence-electron chi connectivity index (χ4n) is 4.97. The molecule has 1 aromatic rings. The third-order valence-electron chi connectivity index (χ3n) is 6.28. The van der Waals surface area contributed by atoms with Gasteiger partial charge in [-0.05, 0) is 55.6 Å². The quantitative estimate of drug-likeness (QED) is 0.502. The summed E-state index contributed by atoms with van der Waals surface area (Å²) in [5.74, 6) is 0.459. The highest BCUT2D eigenvalue weighted by Gasteiger charge is 2.40. The lowest BCUT2D eigenvalue weighted by Crippen LogP contribution is -2.49. The summed E-state index contributed by atoms with van der Waals surface area (Å²) >= 11 is 0. The summed E-state index contributed by atoms with van der Waals surface area (Å²) in [4.78, 5) is 29.6. The lowest BCUT2D eigenvalue weighted by Gasteiger charge is -2.30. The van der Waals surface area contributed by atoms with E-state index >= 15 is 0 Å². The maximum absolute atomic E-state index is 13.1. The van der Waals surface area contributed by atoms with Crippen LogP contribution in [0.4, 0.5) is 0 Å². The molecule has 2 atom stereocenters. The Balaban J connectivity index is 1.39. The molecular formula is C21H27N3O3. The summed E-state index contributed by atoms with van der Waals surface area (Å²) in [6.07, 6.45) is 7.18. The third kappa shape index (κ3) is 3.57. The van der Waals surface area contributed by atoms with Gasteiger partial charge in [0.2, 0.25) is 11.8 Å². The van der Waals surface area contributed by atoms with E-state index in [1.165, 1.54) is 17.3 Å². The van der Waals surface area contributed by atoms with Gasteiger partial charge in [-0.1, -0.05) is 29.4 Å². The van der Waals surface area contributed by atoms with Gasteiger partial charge in [-0.15, -0.1) is 0 Å². The molecule has 2 amide bonds. The molecule has 2 saturated heterocycles. The summed E-state index contributed by atoms with van der Waals surface area (Å²) in [6.45, 7) is 1.34. The van der Waals surface area contributed by atoms with E-state index in [9.17, 15) is 9.59 Å². The van der Waals surface area contributed by atoms with Crippen molar-refractivity contribution < 1.29 is 14.8 Å². The first kappa shape index (κ1) is 18.0. The zero-order chi connectivity index (χ0) is 18.8. The number of benzene rings is 1. The minimum atomic E-state index is -0.353. The van der Waals surface area contributed by atoms with Gasteiger partial charge in [0.25, 0.3) is 0 Å². The molecule has 144 valence electrons. The highest BCUT2D eigenvalue weighted by molar-refractivity contribution is 5.90. The van der Waals surface area contributed by atoms with E-state index in [1.54, 1.807) is 9.80 Å². The predicted octanol–water partition coefficient (Wildman–Crippen LogP) is 2.23. The lowest BCUT2D eigenvalue weighted by molar-refractivity contribution is -0.144. The second kappa shape index (κ2) is 7.71. The zero-order valence-corrected chi connectivity index (χ0v) is 15.6. The van der Waals surface area contributed by atoms with Crippen LogP contribution in [0.3, 0.4) is 0 Å². The first-order chi connectivity index (χ1) is 13.2. The monoisotopic (exact) mass is 369 g/mol. The molecule has 4 rings (SSSR count). The Morgan fingerprint density at radius 1 is 1.07 bits per heavy atom. The van der Waals surface area contributed by atoms with Gasteiger partial charge >= 0.3 is 0 Å². The van der Waals surface area contributed by atoms with Crippen LogP contribution in [0.5, 0.6) is 0 Å². The standard InChI is InChI=1S/C21H27N3O3/c25-20(13-15-11-16-5-1-2-6-17(16)12-15)24-10-4-8-19(24)21(26)23-9-3-7-18(23)14-22-27/h1-2,5-6,14-15,18-19,27H,3-4,7-13H2/t18-,19-/m0/s1. The minimum Gasteiger partial charge on any atom is -0.411 e. The molecule has 0 aromatic heterocycles. The fraction of sp³-hybridized carbons (Fsp3) is 0.571. The average molecular weight is 369 g/mol. The molecule has 6 nitrogen and oxygen atoms in total. The van der Waals surface area contributed by atoms with Crippen molar-refractivity contribution in [1.29, 1.82) is 0 Å². The largest absolute Gasteiger partial charge is 0.411 e. The molecule has 1 N–H and O–H groups in total. The van der Waals surface area contributed by atoms with Crippen LogP contribution in [0.1, 0.15) is 43.2 Å². The van der Waals surface area contributed by atoms with Gasteiger partial charge in [-0.3, -0.25) is 9.59 Å². The number of nitrogens with zero attached hydrogens (tertiary/aromatic N) is 3. The van der Waals surface area contributed by atoms with Gasteiger partial charge in [-0.25, -0.2) is 0 Å². The van der Waals surface area contributed by atoms with Crippen LogP contribution < -0.4 is 0 Å². The first-order valence-electron chi connectivity index (χ1n) is 10.0. The second-order valence-electron chi connectivity index (χ2n) is 8.00. The Labute approximate surface area is 159 Å². The van der Waals surface area contributed by atoms with E-state index in [1.807, 2.05) is 0 Å². The lowest BCUT2D eigenvalue weighted by atomic mass is 10.0. The number of amides is 2. The average Bonchev–Trinajstić information content (AvgIpc) is 3.40. The van der Waals surface area contributed by atoms with Gasteiger partial charge in [0.05, 0.1) is 12.3 Å². The Bertz CT molecular complexity index is 723. The number of oxime groups is 1. The molecule has 27 heavy (non-hydrogen) atoms. The predicted molar refractivity (Wildman–Crippen MR) is 102 cm³/mol. The van der Waals surface area contributed by atoms with Crippen molar-refractivity contribution in [3.63, 3.8) is 0 Å². The Kier molecular flexibility index (Phi) is 5.14. The zero-order valence-electron chi connectivity index (χ0n) is 15.6. The highest BCUT2D eigenvalue weighted by Crippen LogP contribution is 2.31. The van der Waals surface area contributed by atoms with E-state index in [2.05, 4.69) is 29.4 Å². The number of carbonyl (C=O) groups excluding carboxylic acids is 2. The molecule has 0 spiro atoms. The number of hydrogen-bond donors (Lipinski definition) is 1. The maximum atomic E-state index is 13.1. The maximum Gasteiger partial charge on any atom is 0.245 e. The van der Waals surface area contributed by atoms with Crippen LogP contribution in [-0.4, -0.2) is 58.2 Å². The van der Waals surface area contributed by atoms with Crippen molar-refractivity contribution in [2.24, 2.45) is 11.1 Å². The number of fused-ring (bicyclic) bond motifs is 1. The summed E-state index contributed by atoms with van der Waals surface area (Å²) in [7, 11) is 0. The van der Waals surface area contributed by atoms with Gasteiger partial charge in [-0.2, -0.15) is 0 Å². The van der Waals surface area contributed by atoms with Crippen molar-refractivity contribution in [3.8, 4) is 0 Å². The molecule has 0 unspecified atom stereocenters. The molecule has 1 aromatic carbocycles. The summed E-state index contributed by atoms with van der Waals surface area (Å²) in [5.41, 5.74) is 2.71. The van der Waals surface area contributed by atoms with Crippen molar-refractivity contribution >= 4 is 18.0 Å². The minimum absolute atomic E-state index is 0.0120. The normalized spacial score (nSPS) is 25.5.